The number of rotatable bonds is 1. The van der Waals surface area contributed by atoms with Crippen LogP contribution < -0.4 is 0 Å². The van der Waals surface area contributed by atoms with Crippen LogP contribution >= 0.6 is 0 Å². The lowest BCUT2D eigenvalue weighted by Crippen LogP contribution is -2.49. The molecule has 228 valence electrons. The number of carbonyl (C=O) groups is 2. The Morgan fingerprint density at radius 2 is 1.76 bits per heavy atom. The molecule has 41 heavy (non-hydrogen) atoms. The monoisotopic (exact) mass is 581 g/mol. The number of hydrogen-bond acceptors (Lipinski definition) is 7. The Bertz CT molecular complexity index is 1210. The van der Waals surface area contributed by atoms with Gasteiger partial charge in [0.15, 0.2) is 0 Å². The highest BCUT2D eigenvalue weighted by Crippen LogP contribution is 2.54. The van der Waals surface area contributed by atoms with Crippen LogP contribution in [0.25, 0.3) is 0 Å². The van der Waals surface area contributed by atoms with Gasteiger partial charge < -0.3 is 19.7 Å². The smallest absolute Gasteiger partial charge is 0.432 e. The summed E-state index contributed by atoms with van der Waals surface area (Å²) in [6, 6.07) is 4.27. The van der Waals surface area contributed by atoms with Crippen LogP contribution in [-0.4, -0.2) is 57.8 Å². The van der Waals surface area contributed by atoms with E-state index < -0.39 is 71.6 Å². The van der Waals surface area contributed by atoms with Crippen molar-refractivity contribution in [2.45, 2.75) is 122 Å². The maximum atomic E-state index is 15.2. The second-order valence-corrected chi connectivity index (χ2v) is 13.1. The molecule has 0 radical (unpaired) electrons. The molecule has 2 saturated heterocycles. The van der Waals surface area contributed by atoms with Crippen molar-refractivity contribution in [2.75, 3.05) is 0 Å². The summed E-state index contributed by atoms with van der Waals surface area (Å²) in [7, 11) is 0. The van der Waals surface area contributed by atoms with Crippen molar-refractivity contribution < 1.29 is 42.4 Å². The van der Waals surface area contributed by atoms with Crippen LogP contribution in [0.2, 0.25) is 0 Å². The average Bonchev–Trinajstić information content (AvgIpc) is 3.52. The minimum Gasteiger partial charge on any atom is -0.444 e. The van der Waals surface area contributed by atoms with Gasteiger partial charge in [0.25, 0.3) is 0 Å². The number of halogens is 3. The zero-order chi connectivity index (χ0) is 30.5. The van der Waals surface area contributed by atoms with E-state index in [0.717, 1.165) is 11.3 Å². The van der Waals surface area contributed by atoms with E-state index in [9.17, 15) is 19.8 Å². The van der Waals surface area contributed by atoms with Crippen molar-refractivity contribution in [1.29, 1.82) is 0 Å². The number of aliphatic hydroxyl groups is 2. The minimum absolute atomic E-state index is 0.260. The van der Waals surface area contributed by atoms with Crippen molar-refractivity contribution in [3.8, 4) is 0 Å². The fourth-order valence-corrected chi connectivity index (χ4v) is 6.29. The van der Waals surface area contributed by atoms with E-state index >= 15 is 13.2 Å². The van der Waals surface area contributed by atoms with Crippen molar-refractivity contribution in [2.24, 2.45) is 22.2 Å². The Morgan fingerprint density at radius 1 is 1.07 bits per heavy atom. The molecule has 1 aromatic rings. The number of alkyl halides is 3. The van der Waals surface area contributed by atoms with E-state index in [1.807, 2.05) is 13.8 Å². The number of benzene rings is 1. The highest BCUT2D eigenvalue weighted by molar-refractivity contribution is 5.88. The third kappa shape index (κ3) is 6.11. The molecule has 1 aromatic carbocycles. The molecule has 0 bridgehead atoms. The van der Waals surface area contributed by atoms with Gasteiger partial charge in [-0.2, -0.15) is 13.2 Å². The largest absolute Gasteiger partial charge is 0.444 e. The number of epoxide rings is 1. The number of ketones is 1. The molecule has 4 rings (SSSR count). The number of fused-ring (bicyclic) bond motifs is 2. The molecule has 3 aliphatic heterocycles. The Labute approximate surface area is 239 Å². The molecular weight excluding hydrogens is 539 g/mol. The van der Waals surface area contributed by atoms with Gasteiger partial charge >= 0.3 is 12.1 Å². The van der Waals surface area contributed by atoms with E-state index in [4.69, 9.17) is 9.47 Å². The summed E-state index contributed by atoms with van der Waals surface area (Å²) in [6.45, 7) is 9.79. The van der Waals surface area contributed by atoms with E-state index in [-0.39, 0.29) is 11.5 Å². The molecule has 10 heteroatoms. The third-order valence-corrected chi connectivity index (χ3v) is 9.54. The molecular formula is C31H42F3NO6. The number of aryl methyl sites for hydroxylation is 1. The van der Waals surface area contributed by atoms with Gasteiger partial charge in [-0.25, -0.2) is 0 Å². The summed E-state index contributed by atoms with van der Waals surface area (Å²) in [5.41, 5.74) is -3.68. The van der Waals surface area contributed by atoms with Crippen molar-refractivity contribution in [3.05, 3.63) is 29.3 Å². The van der Waals surface area contributed by atoms with Gasteiger partial charge in [-0.3, -0.25) is 14.6 Å². The lowest BCUT2D eigenvalue weighted by Gasteiger charge is -2.38. The molecule has 0 spiro atoms. The lowest BCUT2D eigenvalue weighted by molar-refractivity contribution is -0.280. The third-order valence-electron chi connectivity index (χ3n) is 9.54. The predicted molar refractivity (Wildman–Crippen MR) is 147 cm³/mol. The standard InChI is InChI=1S/C31H42F3NO6/c1-17-8-7-13-29(6)24(40-29)16-30(31(32,33)34,21-12-11-20-10-9-18(2)35-22(20)14-21)41-25(37)15-23(36)28(4,5)27(39)19(3)26(17)38/h11-12,14,17,19,23-24,26,36,38H,7-10,13,15-16H2,1-6H3. The number of aliphatic hydroxyl groups excluding tert-OH is 2. The molecule has 2 fully saturated rings. The maximum absolute atomic E-state index is 15.2. The summed E-state index contributed by atoms with van der Waals surface area (Å²) in [5.74, 6) is -2.89. The number of nitrogens with zero attached hydrogens (tertiary/aromatic N) is 1. The quantitative estimate of drug-likeness (QED) is 0.324. The molecule has 7 nitrogen and oxygen atoms in total. The Balaban J connectivity index is 1.77. The highest BCUT2D eigenvalue weighted by Gasteiger charge is 2.66. The molecule has 0 aliphatic carbocycles. The van der Waals surface area contributed by atoms with Crippen LogP contribution in [0.15, 0.2) is 23.2 Å². The Morgan fingerprint density at radius 3 is 2.41 bits per heavy atom. The van der Waals surface area contributed by atoms with Crippen molar-refractivity contribution >= 4 is 23.2 Å². The van der Waals surface area contributed by atoms with Gasteiger partial charge in [-0.05, 0) is 57.1 Å². The first-order chi connectivity index (χ1) is 18.9. The van der Waals surface area contributed by atoms with Crippen LogP contribution in [0, 0.1) is 17.3 Å². The molecule has 2 N–H and O–H groups in total. The SMILES string of the molecule is CC1=Nc2cc(C3(C(F)(F)F)CC4OC4(C)CCCC(C)C(O)C(C)C(=O)C(C)(C)C(O)CC(=O)O3)ccc2CC1. The fraction of sp³-hybridized carbons (Fsp3) is 0.710. The summed E-state index contributed by atoms with van der Waals surface area (Å²) in [5, 5.41) is 21.8. The molecule has 0 aromatic heterocycles. The van der Waals surface area contributed by atoms with Crippen LogP contribution in [0.3, 0.4) is 0 Å². The van der Waals surface area contributed by atoms with E-state index in [2.05, 4.69) is 4.99 Å². The summed E-state index contributed by atoms with van der Waals surface area (Å²) >= 11 is 0. The number of carbonyl (C=O) groups excluding carboxylic acids is 2. The molecule has 7 unspecified atom stereocenters. The number of ether oxygens (including phenoxy) is 2. The molecule has 0 saturated carbocycles. The minimum atomic E-state index is -5.02. The Hall–Kier alpha value is -2.30. The van der Waals surface area contributed by atoms with E-state index in [0.29, 0.717) is 37.8 Å². The topological polar surface area (TPSA) is 109 Å². The van der Waals surface area contributed by atoms with E-state index in [1.165, 1.54) is 26.0 Å². The molecule has 0 amide bonds. The van der Waals surface area contributed by atoms with Crippen LogP contribution in [0.4, 0.5) is 18.9 Å². The number of aliphatic imine (C=N–C) groups is 1. The van der Waals surface area contributed by atoms with Crippen molar-refractivity contribution in [3.63, 3.8) is 0 Å². The number of hydrogen-bond donors (Lipinski definition) is 2. The van der Waals surface area contributed by atoms with Gasteiger partial charge in [0.2, 0.25) is 5.60 Å². The first kappa shape index (κ1) is 31.6. The van der Waals surface area contributed by atoms with Gasteiger partial charge in [0.1, 0.15) is 5.78 Å². The first-order valence-electron chi connectivity index (χ1n) is 14.5. The first-order valence-corrected chi connectivity index (χ1v) is 14.5. The highest BCUT2D eigenvalue weighted by atomic mass is 19.4. The number of esters is 1. The molecule has 3 heterocycles. The summed E-state index contributed by atoms with van der Waals surface area (Å²) in [6.07, 6.45) is -7.08. The normalized spacial score (nSPS) is 37.0. The zero-order valence-corrected chi connectivity index (χ0v) is 24.7. The zero-order valence-electron chi connectivity index (χ0n) is 24.7. The average molecular weight is 582 g/mol. The van der Waals surface area contributed by atoms with E-state index in [1.54, 1.807) is 19.9 Å². The lowest BCUT2D eigenvalue weighted by atomic mass is 9.73. The summed E-state index contributed by atoms with van der Waals surface area (Å²) in [4.78, 5) is 31.0. The fourth-order valence-electron chi connectivity index (χ4n) is 6.29. The predicted octanol–water partition coefficient (Wildman–Crippen LogP) is 5.74. The van der Waals surface area contributed by atoms with Gasteiger partial charge in [0, 0.05) is 23.6 Å². The number of Topliss-reactive ketones (excluding diaryl/α,β-unsaturated/α-hetero) is 1. The second-order valence-electron chi connectivity index (χ2n) is 13.1. The van der Waals surface area contributed by atoms with Crippen LogP contribution in [-0.2, 0) is 31.1 Å². The van der Waals surface area contributed by atoms with Crippen LogP contribution in [0.1, 0.15) is 91.2 Å². The summed E-state index contributed by atoms with van der Waals surface area (Å²) < 4.78 is 56.9. The molecule has 3 aliphatic rings. The van der Waals surface area contributed by atoms with Gasteiger partial charge in [-0.15, -0.1) is 0 Å². The number of cyclic esters (lactones) is 1. The van der Waals surface area contributed by atoms with Crippen molar-refractivity contribution in [1.82, 2.24) is 0 Å². The van der Waals surface area contributed by atoms with Crippen LogP contribution in [0.5, 0.6) is 0 Å². The molecule has 7 atom stereocenters. The van der Waals surface area contributed by atoms with Gasteiger partial charge in [-0.1, -0.05) is 46.2 Å². The second kappa shape index (κ2) is 11.1. The Kier molecular flexibility index (Phi) is 8.55. The van der Waals surface area contributed by atoms with Gasteiger partial charge in [0.05, 0.1) is 41.4 Å². The maximum Gasteiger partial charge on any atom is 0.432 e.